The SMILES string of the molecule is Cc1ccc(N2C=C(C#N)S(=O)(=O)c3ccc(Cl)cc32)c(F)c1. The molecule has 1 aliphatic rings. The predicted octanol–water partition coefficient (Wildman–Crippen LogP) is 4.08. The number of allylic oxidation sites excluding steroid dienone is 1. The van der Waals surface area contributed by atoms with E-state index in [0.717, 1.165) is 11.8 Å². The largest absolute Gasteiger partial charge is 0.311 e. The van der Waals surface area contributed by atoms with E-state index in [9.17, 15) is 12.8 Å². The van der Waals surface area contributed by atoms with Gasteiger partial charge in [0.1, 0.15) is 11.9 Å². The van der Waals surface area contributed by atoms with Gasteiger partial charge in [0, 0.05) is 11.2 Å². The molecule has 0 fully saturated rings. The molecule has 0 N–H and O–H groups in total. The van der Waals surface area contributed by atoms with Gasteiger partial charge in [0.05, 0.1) is 16.3 Å². The topological polar surface area (TPSA) is 61.2 Å². The molecule has 4 nitrogen and oxygen atoms in total. The molecule has 3 rings (SSSR count). The molecule has 0 aliphatic carbocycles. The van der Waals surface area contributed by atoms with Crippen LogP contribution in [0.4, 0.5) is 15.8 Å². The number of hydrogen-bond acceptors (Lipinski definition) is 4. The first-order valence-electron chi connectivity index (χ1n) is 6.56. The van der Waals surface area contributed by atoms with Crippen molar-refractivity contribution in [1.29, 1.82) is 5.26 Å². The van der Waals surface area contributed by atoms with Gasteiger partial charge in [0.15, 0.2) is 4.91 Å². The Morgan fingerprint density at radius 1 is 1.17 bits per heavy atom. The first-order valence-corrected chi connectivity index (χ1v) is 8.42. The maximum absolute atomic E-state index is 14.3. The minimum atomic E-state index is -3.93. The third kappa shape index (κ3) is 2.48. The van der Waals surface area contributed by atoms with E-state index in [2.05, 4.69) is 0 Å². The summed E-state index contributed by atoms with van der Waals surface area (Å²) in [6.45, 7) is 1.74. The van der Waals surface area contributed by atoms with Crippen LogP contribution in [0.25, 0.3) is 0 Å². The number of hydrogen-bond donors (Lipinski definition) is 0. The van der Waals surface area contributed by atoms with Crippen LogP contribution in [0.1, 0.15) is 5.56 Å². The average molecular weight is 349 g/mol. The second kappa shape index (κ2) is 5.37. The summed E-state index contributed by atoms with van der Waals surface area (Å²) in [6.07, 6.45) is 1.11. The van der Waals surface area contributed by atoms with Gasteiger partial charge < -0.3 is 4.90 Å². The van der Waals surface area contributed by atoms with Crippen molar-refractivity contribution in [3.63, 3.8) is 0 Å². The zero-order valence-electron chi connectivity index (χ0n) is 11.9. The molecule has 7 heteroatoms. The first-order chi connectivity index (χ1) is 10.8. The van der Waals surface area contributed by atoms with Crippen molar-refractivity contribution in [2.75, 3.05) is 4.90 Å². The minimum Gasteiger partial charge on any atom is -0.311 e. The molecule has 0 spiro atoms. The number of rotatable bonds is 1. The Labute approximate surface area is 137 Å². The van der Waals surface area contributed by atoms with E-state index in [1.165, 1.54) is 35.2 Å². The molecule has 0 unspecified atom stereocenters. The van der Waals surface area contributed by atoms with Crippen molar-refractivity contribution < 1.29 is 12.8 Å². The normalized spacial score (nSPS) is 15.6. The Hall–Kier alpha value is -2.36. The van der Waals surface area contributed by atoms with Gasteiger partial charge in [0.25, 0.3) is 0 Å². The van der Waals surface area contributed by atoms with E-state index in [-0.39, 0.29) is 16.3 Å². The van der Waals surface area contributed by atoms with E-state index in [1.807, 2.05) is 0 Å². The Balaban J connectivity index is 2.33. The lowest BCUT2D eigenvalue weighted by Crippen LogP contribution is -2.22. The molecule has 0 saturated heterocycles. The maximum Gasteiger partial charge on any atom is 0.220 e. The predicted molar refractivity (Wildman–Crippen MR) is 85.6 cm³/mol. The summed E-state index contributed by atoms with van der Waals surface area (Å²) < 4.78 is 39.1. The molecule has 1 heterocycles. The molecule has 0 amide bonds. The van der Waals surface area contributed by atoms with Gasteiger partial charge in [-0.2, -0.15) is 5.26 Å². The lowest BCUT2D eigenvalue weighted by Gasteiger charge is -2.28. The van der Waals surface area contributed by atoms with Gasteiger partial charge in [-0.05, 0) is 42.8 Å². The van der Waals surface area contributed by atoms with Gasteiger partial charge in [-0.3, -0.25) is 0 Å². The molecular weight excluding hydrogens is 339 g/mol. The number of halogens is 2. The highest BCUT2D eigenvalue weighted by atomic mass is 35.5. The molecule has 2 aromatic rings. The van der Waals surface area contributed by atoms with Crippen molar-refractivity contribution in [3.8, 4) is 6.07 Å². The molecule has 0 aromatic heterocycles. The van der Waals surface area contributed by atoms with Crippen molar-refractivity contribution in [1.82, 2.24) is 0 Å². The Morgan fingerprint density at radius 3 is 2.57 bits per heavy atom. The summed E-state index contributed by atoms with van der Waals surface area (Å²) in [4.78, 5) is 0.795. The van der Waals surface area contributed by atoms with Crippen LogP contribution in [0.2, 0.25) is 5.02 Å². The summed E-state index contributed by atoms with van der Waals surface area (Å²) in [5, 5.41) is 9.45. The van der Waals surface area contributed by atoms with Crippen molar-refractivity contribution in [2.24, 2.45) is 0 Å². The van der Waals surface area contributed by atoms with Gasteiger partial charge in [-0.25, -0.2) is 12.8 Å². The van der Waals surface area contributed by atoms with E-state index in [4.69, 9.17) is 16.9 Å². The van der Waals surface area contributed by atoms with Crippen molar-refractivity contribution in [3.05, 3.63) is 63.9 Å². The standard InChI is InChI=1S/C16H10ClFN2O2S/c1-10-2-4-14(13(18)6-10)20-9-12(8-19)23(21,22)16-5-3-11(17)7-15(16)20/h2-7,9H,1H3. The molecule has 2 aromatic carbocycles. The summed E-state index contributed by atoms with van der Waals surface area (Å²) in [7, 11) is -3.93. The van der Waals surface area contributed by atoms with Crippen LogP contribution >= 0.6 is 11.6 Å². The molecule has 1 aliphatic heterocycles. The zero-order chi connectivity index (χ0) is 16.8. The fourth-order valence-electron chi connectivity index (χ4n) is 2.38. The van der Waals surface area contributed by atoms with Gasteiger partial charge in [0.2, 0.25) is 9.84 Å². The monoisotopic (exact) mass is 348 g/mol. The Morgan fingerprint density at radius 2 is 1.91 bits per heavy atom. The molecule has 0 saturated carbocycles. The van der Waals surface area contributed by atoms with Crippen molar-refractivity contribution in [2.45, 2.75) is 11.8 Å². The second-order valence-electron chi connectivity index (χ2n) is 5.05. The third-order valence-electron chi connectivity index (χ3n) is 3.48. The van der Waals surface area contributed by atoms with Crippen LogP contribution in [-0.2, 0) is 9.84 Å². The van der Waals surface area contributed by atoms with Crippen molar-refractivity contribution >= 4 is 32.8 Å². The maximum atomic E-state index is 14.3. The number of aryl methyl sites for hydroxylation is 1. The number of anilines is 2. The first kappa shape index (κ1) is 15.5. The molecule has 0 atom stereocenters. The fraction of sp³-hybridized carbons (Fsp3) is 0.0625. The highest BCUT2D eigenvalue weighted by molar-refractivity contribution is 7.95. The van der Waals surface area contributed by atoms with E-state index in [1.54, 1.807) is 19.1 Å². The average Bonchev–Trinajstić information content (AvgIpc) is 2.48. The Bertz CT molecular complexity index is 994. The van der Waals surface area contributed by atoms with Crippen LogP contribution < -0.4 is 4.90 Å². The van der Waals surface area contributed by atoms with Gasteiger partial charge in [-0.1, -0.05) is 17.7 Å². The van der Waals surface area contributed by atoms with Gasteiger partial charge in [-0.15, -0.1) is 0 Å². The van der Waals surface area contributed by atoms with E-state index < -0.39 is 20.6 Å². The number of sulfone groups is 1. The summed E-state index contributed by atoms with van der Waals surface area (Å²) in [6, 6.07) is 10.4. The van der Waals surface area contributed by atoms with E-state index in [0.29, 0.717) is 5.02 Å². The zero-order valence-corrected chi connectivity index (χ0v) is 13.5. The summed E-state index contributed by atoms with van der Waals surface area (Å²) in [5.74, 6) is -0.524. The van der Waals surface area contributed by atoms with E-state index >= 15 is 0 Å². The highest BCUT2D eigenvalue weighted by Crippen LogP contribution is 2.41. The summed E-state index contributed by atoms with van der Waals surface area (Å²) in [5.41, 5.74) is 1.08. The molecule has 0 bridgehead atoms. The summed E-state index contributed by atoms with van der Waals surface area (Å²) >= 11 is 5.96. The van der Waals surface area contributed by atoms with Crippen LogP contribution in [0.15, 0.2) is 52.4 Å². The number of benzene rings is 2. The quantitative estimate of drug-likeness (QED) is 0.779. The van der Waals surface area contributed by atoms with Crippen LogP contribution in [0.5, 0.6) is 0 Å². The smallest absolute Gasteiger partial charge is 0.220 e. The Kier molecular flexibility index (Phi) is 3.63. The van der Waals surface area contributed by atoms with Crippen LogP contribution in [-0.4, -0.2) is 8.42 Å². The minimum absolute atomic E-state index is 0.0825. The van der Waals surface area contributed by atoms with Crippen LogP contribution in [0.3, 0.4) is 0 Å². The fourth-order valence-corrected chi connectivity index (χ4v) is 3.82. The molecular formula is C16H10ClFN2O2S. The number of fused-ring (bicyclic) bond motifs is 1. The molecule has 23 heavy (non-hydrogen) atoms. The van der Waals surface area contributed by atoms with Gasteiger partial charge >= 0.3 is 0 Å². The number of nitrogens with zero attached hydrogens (tertiary/aromatic N) is 2. The lowest BCUT2D eigenvalue weighted by molar-refractivity contribution is 0.601. The third-order valence-corrected chi connectivity index (χ3v) is 5.41. The molecule has 116 valence electrons. The second-order valence-corrected chi connectivity index (χ2v) is 7.37. The number of nitriles is 1. The molecule has 0 radical (unpaired) electrons. The lowest BCUT2D eigenvalue weighted by atomic mass is 10.2. The van der Waals surface area contributed by atoms with Crippen LogP contribution in [0, 0.1) is 24.1 Å². The highest BCUT2D eigenvalue weighted by Gasteiger charge is 2.33.